The van der Waals surface area contributed by atoms with Crippen LogP contribution in [0.3, 0.4) is 0 Å². The van der Waals surface area contributed by atoms with Crippen LogP contribution < -0.4 is 35.3 Å². The first-order valence-corrected chi connectivity index (χ1v) is 25.7. The molecule has 13 nitrogen and oxygen atoms in total. The zero-order valence-electron chi connectivity index (χ0n) is 43.7. The minimum absolute atomic E-state index is 0. The van der Waals surface area contributed by atoms with Gasteiger partial charge in [-0.1, -0.05) is 87.6 Å². The molecule has 0 saturated carbocycles. The highest BCUT2D eigenvalue weighted by molar-refractivity contribution is 6.11. The average Bonchev–Trinajstić information content (AvgIpc) is 4.04. The SMILES string of the molecule is C.C.CC(C)(Cc1ccc(Oc2ccc(C#N)cc2)cc1)NC[C@H](O)COc1cccc2[nH]c3ccccc3c12.CC(C)(Cc1ccc(Oc2ccc(C(N)=O)cc2)cc1)NC[C@H](O)COc1cccc2[nH]c3ccccc3c12. The first kappa shape index (κ1) is 58.1. The zero-order valence-corrected chi connectivity index (χ0v) is 43.7. The number of nitrogens with zero attached hydrogens (tertiary/aromatic N) is 1. The third-order valence-electron chi connectivity index (χ3n) is 13.2. The van der Waals surface area contributed by atoms with E-state index in [1.54, 1.807) is 48.5 Å². The molecule has 0 aliphatic carbocycles. The molecule has 0 bridgehead atoms. The number of benzene rings is 8. The number of hydrogen-bond donors (Lipinski definition) is 7. The van der Waals surface area contributed by atoms with Gasteiger partial charge >= 0.3 is 0 Å². The fourth-order valence-corrected chi connectivity index (χ4v) is 9.31. The molecule has 408 valence electrons. The Morgan fingerprint density at radius 3 is 1.29 bits per heavy atom. The summed E-state index contributed by atoms with van der Waals surface area (Å²) in [7, 11) is 0. The number of rotatable bonds is 21. The highest BCUT2D eigenvalue weighted by Gasteiger charge is 2.22. The highest BCUT2D eigenvalue weighted by Crippen LogP contribution is 2.35. The van der Waals surface area contributed by atoms with Crippen molar-refractivity contribution in [2.24, 2.45) is 5.73 Å². The average molecular weight is 1060 g/mol. The van der Waals surface area contributed by atoms with Gasteiger partial charge in [-0.15, -0.1) is 0 Å². The lowest BCUT2D eigenvalue weighted by molar-refractivity contribution is 0.0995. The Morgan fingerprint density at radius 1 is 0.532 bits per heavy atom. The maximum Gasteiger partial charge on any atom is 0.248 e. The number of carbonyl (C=O) groups excluding carboxylic acids is 1. The van der Waals surface area contributed by atoms with Gasteiger partial charge in [-0.2, -0.15) is 5.26 Å². The number of hydrogen-bond acceptors (Lipinski definition) is 10. The molecule has 13 heteroatoms. The number of aliphatic hydroxyl groups excluding tert-OH is 2. The molecule has 1 amide bonds. The van der Waals surface area contributed by atoms with Crippen LogP contribution in [0.1, 0.15) is 69.6 Å². The number of para-hydroxylation sites is 2. The number of nitrogens with two attached hydrogens (primary N) is 1. The van der Waals surface area contributed by atoms with E-state index in [1.807, 2.05) is 115 Å². The van der Waals surface area contributed by atoms with Gasteiger partial charge in [0.25, 0.3) is 0 Å². The summed E-state index contributed by atoms with van der Waals surface area (Å²) in [5.74, 6) is 3.82. The number of nitrogens with one attached hydrogen (secondary N) is 4. The Bertz CT molecular complexity index is 3620. The number of amides is 1. The predicted octanol–water partition coefficient (Wildman–Crippen LogP) is 13.2. The molecular weight excluding hydrogens is 989 g/mol. The predicted molar refractivity (Wildman–Crippen MR) is 319 cm³/mol. The lowest BCUT2D eigenvalue weighted by Crippen LogP contribution is -2.46. The molecular formula is C66H72N6O7. The van der Waals surface area contributed by atoms with Gasteiger partial charge < -0.3 is 55.5 Å². The Kier molecular flexibility index (Phi) is 19.2. The number of carbonyl (C=O) groups is 1. The third kappa shape index (κ3) is 15.3. The van der Waals surface area contributed by atoms with Crippen LogP contribution in [0, 0.1) is 11.3 Å². The molecule has 0 aliphatic heterocycles. The molecule has 10 rings (SSSR count). The number of fused-ring (bicyclic) bond motifs is 6. The van der Waals surface area contributed by atoms with Gasteiger partial charge in [-0.05, 0) is 161 Å². The lowest BCUT2D eigenvalue weighted by Gasteiger charge is -2.28. The largest absolute Gasteiger partial charge is 0.490 e. The van der Waals surface area contributed by atoms with E-state index in [0.717, 1.165) is 84.8 Å². The fourth-order valence-electron chi connectivity index (χ4n) is 9.31. The molecule has 8 aromatic carbocycles. The molecule has 2 heterocycles. The first-order chi connectivity index (χ1) is 37.2. The van der Waals surface area contributed by atoms with Crippen LogP contribution in [-0.2, 0) is 12.8 Å². The van der Waals surface area contributed by atoms with Gasteiger partial charge in [0.05, 0.1) is 22.7 Å². The molecule has 2 aromatic heterocycles. The number of H-pyrrole nitrogens is 2. The van der Waals surface area contributed by atoms with Crippen LogP contribution in [0.5, 0.6) is 34.5 Å². The maximum absolute atomic E-state index is 11.2. The van der Waals surface area contributed by atoms with Crippen molar-refractivity contribution in [1.82, 2.24) is 20.6 Å². The first-order valence-electron chi connectivity index (χ1n) is 25.7. The number of ether oxygens (including phenoxy) is 4. The molecule has 10 aromatic rings. The van der Waals surface area contributed by atoms with Crippen LogP contribution in [-0.4, -0.2) is 75.7 Å². The van der Waals surface area contributed by atoms with E-state index >= 15 is 0 Å². The lowest BCUT2D eigenvalue weighted by atomic mass is 9.94. The molecule has 0 radical (unpaired) electrons. The van der Waals surface area contributed by atoms with Crippen molar-refractivity contribution in [1.29, 1.82) is 5.26 Å². The van der Waals surface area contributed by atoms with Crippen molar-refractivity contribution in [3.8, 4) is 40.6 Å². The summed E-state index contributed by atoms with van der Waals surface area (Å²) in [6.45, 7) is 9.66. The van der Waals surface area contributed by atoms with Gasteiger partial charge in [0, 0.05) is 62.3 Å². The number of aromatic amines is 2. The third-order valence-corrected chi connectivity index (χ3v) is 13.2. The Hall–Kier alpha value is -8.64. The van der Waals surface area contributed by atoms with Gasteiger partial charge in [0.2, 0.25) is 5.91 Å². The Labute approximate surface area is 462 Å². The van der Waals surface area contributed by atoms with Crippen molar-refractivity contribution < 1.29 is 34.0 Å². The number of aliphatic hydroxyl groups is 2. The Morgan fingerprint density at radius 2 is 0.899 bits per heavy atom. The number of primary amides is 1. The molecule has 0 spiro atoms. The van der Waals surface area contributed by atoms with Crippen molar-refractivity contribution in [2.45, 2.75) is 78.7 Å². The molecule has 2 atom stereocenters. The summed E-state index contributed by atoms with van der Waals surface area (Å²) in [5.41, 5.74) is 12.3. The van der Waals surface area contributed by atoms with Crippen molar-refractivity contribution in [3.05, 3.63) is 204 Å². The van der Waals surface area contributed by atoms with E-state index in [1.165, 1.54) is 0 Å². The second kappa shape index (κ2) is 26.1. The van der Waals surface area contributed by atoms with Crippen molar-refractivity contribution in [2.75, 3.05) is 26.3 Å². The fraction of sp³-hybridized carbons (Fsp3) is 0.242. The van der Waals surface area contributed by atoms with Crippen LogP contribution in [0.25, 0.3) is 43.6 Å². The molecule has 79 heavy (non-hydrogen) atoms. The summed E-state index contributed by atoms with van der Waals surface area (Å²) in [5, 5.41) is 41.5. The second-order valence-corrected chi connectivity index (χ2v) is 20.5. The minimum Gasteiger partial charge on any atom is -0.490 e. The number of nitriles is 1. The van der Waals surface area contributed by atoms with E-state index in [0.29, 0.717) is 41.5 Å². The second-order valence-electron chi connectivity index (χ2n) is 20.5. The summed E-state index contributed by atoms with van der Waals surface area (Å²) in [6.07, 6.45) is 0.231. The smallest absolute Gasteiger partial charge is 0.248 e. The number of aromatic nitrogens is 2. The van der Waals surface area contributed by atoms with Gasteiger partial charge in [0.1, 0.15) is 59.9 Å². The minimum atomic E-state index is -0.665. The summed E-state index contributed by atoms with van der Waals surface area (Å²) in [6, 6.07) is 59.9. The Balaban J connectivity index is 0.000000223. The van der Waals surface area contributed by atoms with Crippen LogP contribution in [0.2, 0.25) is 0 Å². The van der Waals surface area contributed by atoms with Gasteiger partial charge in [-0.25, -0.2) is 0 Å². The van der Waals surface area contributed by atoms with E-state index in [-0.39, 0.29) is 39.1 Å². The molecule has 0 saturated heterocycles. The standard InChI is InChI=1S/C32H33N3O4.C32H31N3O3.2CH4/c1-32(2,18-21-10-14-24(15-11-21)39-25-16-12-22(13-17-25)31(33)37)34-19-23(36)20-38-29-9-5-8-28-30(29)26-6-3-4-7-27(26)35-28;1-32(2,18-22-10-14-25(15-11-22)38-26-16-12-23(19-33)13-17-26)34-20-24(36)21-37-30-9-5-8-29-31(30)27-6-3-4-7-28(27)35-29;;/h3-17,23,34-36H,18-20H2,1-2H3,(H2,33,37);3-17,24,34-36H,18,20-21H2,1-2H3;2*1H4/t23-;24-;;/m00../s1. The normalized spacial score (nSPS) is 12.1. The summed E-state index contributed by atoms with van der Waals surface area (Å²) < 4.78 is 23.9. The van der Waals surface area contributed by atoms with E-state index in [2.05, 4.69) is 72.6 Å². The zero-order chi connectivity index (χ0) is 53.9. The summed E-state index contributed by atoms with van der Waals surface area (Å²) >= 11 is 0. The summed E-state index contributed by atoms with van der Waals surface area (Å²) in [4.78, 5) is 18.1. The van der Waals surface area contributed by atoms with E-state index in [4.69, 9.17) is 29.9 Å². The monoisotopic (exact) mass is 1060 g/mol. The molecule has 0 unspecified atom stereocenters. The highest BCUT2D eigenvalue weighted by atomic mass is 16.5. The van der Waals surface area contributed by atoms with Gasteiger partial charge in [-0.3, -0.25) is 4.79 Å². The quantitative estimate of drug-likeness (QED) is 0.0363. The topological polar surface area (TPSA) is 200 Å². The molecule has 0 fully saturated rings. The van der Waals surface area contributed by atoms with Crippen LogP contribution >= 0.6 is 0 Å². The van der Waals surface area contributed by atoms with Crippen LogP contribution in [0.4, 0.5) is 0 Å². The van der Waals surface area contributed by atoms with Crippen molar-refractivity contribution >= 4 is 49.5 Å². The maximum atomic E-state index is 11.2. The number of β-amino-alcohol motifs (C(OH)–C–C–N with tert-alkyl or cyclic N) is 2. The van der Waals surface area contributed by atoms with E-state index in [9.17, 15) is 15.0 Å². The van der Waals surface area contributed by atoms with Gasteiger partial charge in [0.15, 0.2) is 0 Å². The van der Waals surface area contributed by atoms with Crippen LogP contribution in [0.15, 0.2) is 182 Å². The van der Waals surface area contributed by atoms with Crippen molar-refractivity contribution in [3.63, 3.8) is 0 Å². The van der Waals surface area contributed by atoms with E-state index < -0.39 is 18.1 Å². The molecule has 8 N–H and O–H groups in total. The molecule has 0 aliphatic rings.